The Labute approximate surface area is 185 Å². The van der Waals surface area contributed by atoms with Gasteiger partial charge in [0.25, 0.3) is 0 Å². The zero-order valence-corrected chi connectivity index (χ0v) is 18.5. The maximum atomic E-state index is 10.6. The van der Waals surface area contributed by atoms with E-state index in [-0.39, 0.29) is 0 Å². The molecule has 5 heteroatoms. The first-order valence-electron chi connectivity index (χ1n) is 11.5. The normalized spacial score (nSPS) is 18.9. The van der Waals surface area contributed by atoms with E-state index < -0.39 is 6.23 Å². The summed E-state index contributed by atoms with van der Waals surface area (Å²) in [7, 11) is 0. The lowest BCUT2D eigenvalue weighted by Crippen LogP contribution is -2.32. The number of nitrogens with one attached hydrogen (secondary N) is 3. The molecule has 2 aliphatic rings. The van der Waals surface area contributed by atoms with Gasteiger partial charge in [-0.25, -0.2) is 0 Å². The van der Waals surface area contributed by atoms with Gasteiger partial charge in [0.2, 0.25) is 0 Å². The Morgan fingerprint density at radius 1 is 0.967 bits per heavy atom. The lowest BCUT2D eigenvalue weighted by Gasteiger charge is -2.21. The fourth-order valence-electron chi connectivity index (χ4n) is 4.75. The molecule has 1 fully saturated rings. The van der Waals surface area contributed by atoms with E-state index in [9.17, 15) is 5.11 Å². The Bertz CT molecular complexity index is 816. The van der Waals surface area contributed by atoms with Crippen molar-refractivity contribution in [2.24, 2.45) is 0 Å². The molecule has 1 atom stereocenters. The summed E-state index contributed by atoms with van der Waals surface area (Å²) in [6, 6.07) is 12.7. The van der Waals surface area contributed by atoms with Gasteiger partial charge >= 0.3 is 0 Å². The number of halogens is 1. The molecule has 1 heterocycles. The van der Waals surface area contributed by atoms with Crippen LogP contribution in [0.5, 0.6) is 0 Å². The average molecular weight is 428 g/mol. The molecular weight excluding hydrogens is 394 g/mol. The molecule has 0 amide bonds. The lowest BCUT2D eigenvalue weighted by atomic mass is 9.97. The number of hydrogen-bond donors (Lipinski definition) is 4. The molecule has 0 saturated heterocycles. The second-order valence-electron chi connectivity index (χ2n) is 8.65. The molecule has 2 aromatic carbocycles. The third-order valence-electron chi connectivity index (χ3n) is 6.54. The highest BCUT2D eigenvalue weighted by molar-refractivity contribution is 6.31. The Morgan fingerprint density at radius 2 is 1.70 bits per heavy atom. The van der Waals surface area contributed by atoms with Crippen LogP contribution in [0.25, 0.3) is 0 Å². The van der Waals surface area contributed by atoms with Crippen molar-refractivity contribution < 1.29 is 5.11 Å². The quantitative estimate of drug-likeness (QED) is 0.389. The Balaban J connectivity index is 1.37. The van der Waals surface area contributed by atoms with E-state index in [2.05, 4.69) is 22.0 Å². The van der Waals surface area contributed by atoms with Crippen LogP contribution in [0.2, 0.25) is 5.02 Å². The third kappa shape index (κ3) is 5.55. The number of aliphatic hydroxyl groups excluding tert-OH is 1. The van der Waals surface area contributed by atoms with Crippen LogP contribution in [0.3, 0.4) is 0 Å². The lowest BCUT2D eigenvalue weighted by molar-refractivity contribution is 0.119. The zero-order valence-electron chi connectivity index (χ0n) is 17.7. The summed E-state index contributed by atoms with van der Waals surface area (Å²) in [5.74, 6) is 0. The molecule has 4 N–H and O–H groups in total. The molecule has 2 aromatic rings. The van der Waals surface area contributed by atoms with Gasteiger partial charge in [0, 0.05) is 23.3 Å². The maximum Gasteiger partial charge on any atom is 0.131 e. The van der Waals surface area contributed by atoms with Crippen molar-refractivity contribution in [3.05, 3.63) is 63.7 Å². The molecule has 1 aliphatic heterocycles. The predicted molar refractivity (Wildman–Crippen MR) is 125 cm³/mol. The minimum Gasteiger partial charge on any atom is -0.381 e. The summed E-state index contributed by atoms with van der Waals surface area (Å²) < 4.78 is 0. The van der Waals surface area contributed by atoms with Crippen LogP contribution < -0.4 is 16.0 Å². The first-order valence-corrected chi connectivity index (χ1v) is 11.9. The van der Waals surface area contributed by atoms with E-state index in [4.69, 9.17) is 11.6 Å². The van der Waals surface area contributed by atoms with E-state index in [0.717, 1.165) is 55.0 Å². The van der Waals surface area contributed by atoms with E-state index in [1.165, 1.54) is 42.4 Å². The topological polar surface area (TPSA) is 56.3 Å². The summed E-state index contributed by atoms with van der Waals surface area (Å²) in [4.78, 5) is 0. The van der Waals surface area contributed by atoms with Gasteiger partial charge in [-0.05, 0) is 79.2 Å². The molecule has 0 spiro atoms. The van der Waals surface area contributed by atoms with Gasteiger partial charge in [0.05, 0.1) is 0 Å². The minimum atomic E-state index is -0.603. The van der Waals surface area contributed by atoms with Crippen molar-refractivity contribution in [1.82, 2.24) is 10.6 Å². The van der Waals surface area contributed by atoms with Gasteiger partial charge in [-0.2, -0.15) is 0 Å². The van der Waals surface area contributed by atoms with Gasteiger partial charge in [-0.1, -0.05) is 55.5 Å². The fraction of sp³-hybridized carbons (Fsp3) is 0.520. The van der Waals surface area contributed by atoms with Crippen molar-refractivity contribution in [2.75, 3.05) is 18.4 Å². The molecular formula is C25H34ClN3O. The minimum absolute atomic E-state index is 0.422. The molecule has 162 valence electrons. The molecule has 4 rings (SSSR count). The maximum absolute atomic E-state index is 10.6. The van der Waals surface area contributed by atoms with E-state index in [1.807, 2.05) is 30.3 Å². The molecule has 1 unspecified atom stereocenters. The third-order valence-corrected chi connectivity index (χ3v) is 6.89. The van der Waals surface area contributed by atoms with Crippen LogP contribution >= 0.6 is 11.6 Å². The highest BCUT2D eigenvalue weighted by atomic mass is 35.5. The Hall–Kier alpha value is -1.59. The molecule has 1 saturated carbocycles. The summed E-state index contributed by atoms with van der Waals surface area (Å²) in [5, 5.41) is 21.8. The van der Waals surface area contributed by atoms with E-state index in [0.29, 0.717) is 12.6 Å². The van der Waals surface area contributed by atoms with Crippen LogP contribution in [0.1, 0.15) is 67.0 Å². The van der Waals surface area contributed by atoms with Crippen LogP contribution in [0.15, 0.2) is 36.4 Å². The number of anilines is 1. The van der Waals surface area contributed by atoms with Crippen LogP contribution in [0, 0.1) is 0 Å². The van der Waals surface area contributed by atoms with Gasteiger partial charge in [0.15, 0.2) is 0 Å². The van der Waals surface area contributed by atoms with Crippen molar-refractivity contribution in [2.45, 2.75) is 70.2 Å². The number of rotatable bonds is 6. The number of benzene rings is 2. The zero-order chi connectivity index (χ0) is 20.8. The molecule has 0 radical (unpaired) electrons. The standard InChI is InChI=1S/C25H34ClN3O/c26-24-12-9-18-13-15-27-16-14-22(18)23(24)17-28-20-10-7-19(8-11-20)25(30)29-21-5-3-1-2-4-6-21/h7-12,21,25,27-30H,1-6,13-17H2. The second kappa shape index (κ2) is 10.6. The van der Waals surface area contributed by atoms with Crippen molar-refractivity contribution in [1.29, 1.82) is 0 Å². The van der Waals surface area contributed by atoms with Gasteiger partial charge < -0.3 is 15.7 Å². The average Bonchev–Trinajstić information content (AvgIpc) is 3.16. The smallest absolute Gasteiger partial charge is 0.131 e. The first kappa shape index (κ1) is 21.6. The van der Waals surface area contributed by atoms with E-state index in [1.54, 1.807) is 0 Å². The van der Waals surface area contributed by atoms with Crippen LogP contribution in [-0.4, -0.2) is 24.2 Å². The Morgan fingerprint density at radius 3 is 2.47 bits per heavy atom. The van der Waals surface area contributed by atoms with Gasteiger partial charge in [0.1, 0.15) is 6.23 Å². The first-order chi connectivity index (χ1) is 14.7. The largest absolute Gasteiger partial charge is 0.381 e. The number of aliphatic hydroxyl groups is 1. The SMILES string of the molecule is OC(NC1CCCCCC1)c1ccc(NCc2c(Cl)ccc3c2CCNCC3)cc1. The fourth-order valence-corrected chi connectivity index (χ4v) is 4.99. The van der Waals surface area contributed by atoms with Crippen molar-refractivity contribution >= 4 is 17.3 Å². The monoisotopic (exact) mass is 427 g/mol. The molecule has 0 aromatic heterocycles. The highest BCUT2D eigenvalue weighted by Gasteiger charge is 2.17. The number of fused-ring (bicyclic) bond motifs is 1. The Kier molecular flexibility index (Phi) is 7.67. The second-order valence-corrected chi connectivity index (χ2v) is 9.05. The van der Waals surface area contributed by atoms with Crippen molar-refractivity contribution in [3.63, 3.8) is 0 Å². The molecule has 0 bridgehead atoms. The highest BCUT2D eigenvalue weighted by Crippen LogP contribution is 2.27. The van der Waals surface area contributed by atoms with Crippen molar-refractivity contribution in [3.8, 4) is 0 Å². The molecule has 4 nitrogen and oxygen atoms in total. The summed E-state index contributed by atoms with van der Waals surface area (Å²) in [6.45, 7) is 2.74. The van der Waals surface area contributed by atoms with Gasteiger partial charge in [-0.3, -0.25) is 5.32 Å². The van der Waals surface area contributed by atoms with Crippen LogP contribution in [0.4, 0.5) is 5.69 Å². The van der Waals surface area contributed by atoms with Crippen LogP contribution in [-0.2, 0) is 19.4 Å². The summed E-state index contributed by atoms with van der Waals surface area (Å²) in [6.07, 6.45) is 8.95. The number of hydrogen-bond acceptors (Lipinski definition) is 4. The summed E-state index contributed by atoms with van der Waals surface area (Å²) in [5.41, 5.74) is 5.96. The van der Waals surface area contributed by atoms with Gasteiger partial charge in [-0.15, -0.1) is 0 Å². The van der Waals surface area contributed by atoms with E-state index >= 15 is 0 Å². The summed E-state index contributed by atoms with van der Waals surface area (Å²) >= 11 is 6.55. The molecule has 1 aliphatic carbocycles. The predicted octanol–water partition coefficient (Wildman–Crippen LogP) is 4.94. The molecule has 30 heavy (non-hydrogen) atoms.